The lowest BCUT2D eigenvalue weighted by Gasteiger charge is -2.24. The molecule has 0 radical (unpaired) electrons. The smallest absolute Gasteiger partial charge is 0.344 e. The lowest BCUT2D eigenvalue weighted by molar-refractivity contribution is 0.00545. The number of nitrogens with zero attached hydrogens (tertiary/aromatic N) is 1. The molecule has 0 amide bonds. The standard InChI is InChI=1S/C13H19N3O4S/c1-13(2,19-3)7-8-20-10-6-4-5-9-11(10)12(14)16-21(17,18)15-9/h4-6,15H,7-8H2,1-3H3,(H2,14,16). The quantitative estimate of drug-likeness (QED) is 0.851. The molecule has 1 aromatic rings. The summed E-state index contributed by atoms with van der Waals surface area (Å²) in [5.41, 5.74) is 6.26. The van der Waals surface area contributed by atoms with Crippen LogP contribution in [0, 0.1) is 0 Å². The van der Waals surface area contributed by atoms with Crippen LogP contribution in [-0.2, 0) is 14.9 Å². The summed E-state index contributed by atoms with van der Waals surface area (Å²) in [6.45, 7) is 4.33. The van der Waals surface area contributed by atoms with E-state index in [2.05, 4.69) is 9.12 Å². The van der Waals surface area contributed by atoms with Crippen LogP contribution in [0.5, 0.6) is 5.75 Å². The maximum absolute atomic E-state index is 11.5. The molecule has 1 aliphatic heterocycles. The number of amidine groups is 1. The third-order valence-corrected chi connectivity index (χ3v) is 4.17. The van der Waals surface area contributed by atoms with Gasteiger partial charge in [-0.3, -0.25) is 4.72 Å². The first-order valence-corrected chi connectivity index (χ1v) is 7.88. The van der Waals surface area contributed by atoms with Crippen molar-refractivity contribution in [3.63, 3.8) is 0 Å². The van der Waals surface area contributed by atoms with Crippen molar-refractivity contribution >= 4 is 21.7 Å². The summed E-state index contributed by atoms with van der Waals surface area (Å²) in [5.74, 6) is 0.411. The minimum absolute atomic E-state index is 0.0784. The molecule has 0 unspecified atom stereocenters. The van der Waals surface area contributed by atoms with E-state index in [4.69, 9.17) is 15.2 Å². The Morgan fingerprint density at radius 2 is 2.10 bits per heavy atom. The van der Waals surface area contributed by atoms with Gasteiger partial charge in [0.1, 0.15) is 5.75 Å². The van der Waals surface area contributed by atoms with Crippen LogP contribution in [0.15, 0.2) is 22.6 Å². The average molecular weight is 313 g/mol. The van der Waals surface area contributed by atoms with Gasteiger partial charge in [-0.1, -0.05) is 6.07 Å². The molecular formula is C13H19N3O4S. The summed E-state index contributed by atoms with van der Waals surface area (Å²) < 4.78 is 39.8. The van der Waals surface area contributed by atoms with Crippen LogP contribution in [-0.4, -0.2) is 33.6 Å². The Morgan fingerprint density at radius 1 is 1.38 bits per heavy atom. The Balaban J connectivity index is 2.21. The highest BCUT2D eigenvalue weighted by molar-refractivity contribution is 7.91. The second-order valence-electron chi connectivity index (χ2n) is 5.29. The Labute approximate surface area is 124 Å². The molecular weight excluding hydrogens is 294 g/mol. The van der Waals surface area contributed by atoms with Gasteiger partial charge in [-0.2, -0.15) is 8.42 Å². The number of anilines is 1. The molecule has 0 spiro atoms. The number of nitrogens with two attached hydrogens (primary N) is 1. The van der Waals surface area contributed by atoms with E-state index in [1.54, 1.807) is 25.3 Å². The summed E-state index contributed by atoms with van der Waals surface area (Å²) in [4.78, 5) is 0. The number of methoxy groups -OCH3 is 1. The third-order valence-electron chi connectivity index (χ3n) is 3.25. The maximum atomic E-state index is 11.5. The Kier molecular flexibility index (Phi) is 4.11. The van der Waals surface area contributed by atoms with Gasteiger partial charge in [-0.05, 0) is 26.0 Å². The van der Waals surface area contributed by atoms with E-state index >= 15 is 0 Å². The molecule has 0 saturated carbocycles. The molecule has 0 fully saturated rings. The van der Waals surface area contributed by atoms with E-state index in [1.165, 1.54) is 0 Å². The summed E-state index contributed by atoms with van der Waals surface area (Å²) in [5, 5.41) is 0. The number of benzene rings is 1. The van der Waals surface area contributed by atoms with Gasteiger partial charge in [-0.15, -0.1) is 4.40 Å². The van der Waals surface area contributed by atoms with Gasteiger partial charge in [-0.25, -0.2) is 0 Å². The molecule has 7 nitrogen and oxygen atoms in total. The van der Waals surface area contributed by atoms with Gasteiger partial charge in [0.25, 0.3) is 0 Å². The fourth-order valence-electron chi connectivity index (χ4n) is 1.85. The van der Waals surface area contributed by atoms with Gasteiger partial charge in [0.05, 0.1) is 23.5 Å². The van der Waals surface area contributed by atoms with Crippen molar-refractivity contribution in [2.75, 3.05) is 18.4 Å². The van der Waals surface area contributed by atoms with Crippen LogP contribution in [0.3, 0.4) is 0 Å². The highest BCUT2D eigenvalue weighted by Crippen LogP contribution is 2.30. The second-order valence-corrected chi connectivity index (χ2v) is 6.63. The molecule has 116 valence electrons. The van der Waals surface area contributed by atoms with Crippen LogP contribution in [0.1, 0.15) is 25.8 Å². The number of rotatable bonds is 5. The average Bonchev–Trinajstić information content (AvgIpc) is 2.36. The maximum Gasteiger partial charge on any atom is 0.344 e. The lowest BCUT2D eigenvalue weighted by Crippen LogP contribution is -2.28. The molecule has 21 heavy (non-hydrogen) atoms. The topological polar surface area (TPSA) is 103 Å². The van der Waals surface area contributed by atoms with Crippen molar-refractivity contribution in [2.24, 2.45) is 10.1 Å². The summed E-state index contributed by atoms with van der Waals surface area (Å²) in [7, 11) is -2.13. The lowest BCUT2D eigenvalue weighted by atomic mass is 10.1. The van der Waals surface area contributed by atoms with Gasteiger partial charge >= 0.3 is 10.2 Å². The first-order valence-electron chi connectivity index (χ1n) is 6.44. The van der Waals surface area contributed by atoms with Crippen molar-refractivity contribution in [1.82, 2.24) is 0 Å². The van der Waals surface area contributed by atoms with Crippen LogP contribution in [0.25, 0.3) is 0 Å². The molecule has 0 bridgehead atoms. The molecule has 1 heterocycles. The first-order chi connectivity index (χ1) is 9.74. The van der Waals surface area contributed by atoms with E-state index in [-0.39, 0.29) is 11.4 Å². The van der Waals surface area contributed by atoms with Crippen molar-refractivity contribution in [3.05, 3.63) is 23.8 Å². The fraction of sp³-hybridized carbons (Fsp3) is 0.462. The van der Waals surface area contributed by atoms with Crippen LogP contribution in [0.4, 0.5) is 5.69 Å². The number of hydrogen-bond donors (Lipinski definition) is 2. The van der Waals surface area contributed by atoms with Crippen LogP contribution in [0.2, 0.25) is 0 Å². The minimum Gasteiger partial charge on any atom is -0.493 e. The molecule has 0 atom stereocenters. The van der Waals surface area contributed by atoms with Gasteiger partial charge < -0.3 is 15.2 Å². The first kappa shape index (κ1) is 15.6. The number of fused-ring (bicyclic) bond motifs is 1. The van der Waals surface area contributed by atoms with Crippen LogP contribution >= 0.6 is 0 Å². The normalized spacial score (nSPS) is 16.6. The van der Waals surface area contributed by atoms with Crippen LogP contribution < -0.4 is 15.2 Å². The molecule has 0 aliphatic carbocycles. The van der Waals surface area contributed by atoms with E-state index < -0.39 is 10.2 Å². The zero-order valence-electron chi connectivity index (χ0n) is 12.2. The summed E-state index contributed by atoms with van der Waals surface area (Å²) in [6.07, 6.45) is 0.677. The summed E-state index contributed by atoms with van der Waals surface area (Å²) in [6, 6.07) is 5.03. The second kappa shape index (κ2) is 5.53. The van der Waals surface area contributed by atoms with Crippen molar-refractivity contribution < 1.29 is 17.9 Å². The van der Waals surface area contributed by atoms with Crippen molar-refractivity contribution in [2.45, 2.75) is 25.9 Å². The number of hydrogen-bond acceptors (Lipinski definition) is 5. The molecule has 2 rings (SSSR count). The molecule has 0 saturated heterocycles. The predicted molar refractivity (Wildman–Crippen MR) is 80.9 cm³/mol. The van der Waals surface area contributed by atoms with E-state index in [0.717, 1.165) is 0 Å². The molecule has 1 aliphatic rings. The molecule has 3 N–H and O–H groups in total. The van der Waals surface area contributed by atoms with Crippen molar-refractivity contribution in [1.29, 1.82) is 0 Å². The SMILES string of the molecule is COC(C)(C)CCOc1cccc2c1C(N)=NS(=O)(=O)N2. The highest BCUT2D eigenvalue weighted by atomic mass is 32.2. The number of ether oxygens (including phenoxy) is 2. The Morgan fingerprint density at radius 3 is 2.76 bits per heavy atom. The van der Waals surface area contributed by atoms with E-state index in [0.29, 0.717) is 30.0 Å². The minimum atomic E-state index is -3.77. The molecule has 1 aromatic carbocycles. The molecule has 8 heteroatoms. The van der Waals surface area contributed by atoms with Crippen molar-refractivity contribution in [3.8, 4) is 5.75 Å². The molecule has 0 aromatic heterocycles. The largest absolute Gasteiger partial charge is 0.493 e. The van der Waals surface area contributed by atoms with Gasteiger partial charge in [0.15, 0.2) is 5.84 Å². The predicted octanol–water partition coefficient (Wildman–Crippen LogP) is 1.26. The van der Waals surface area contributed by atoms with E-state index in [1.807, 2.05) is 13.8 Å². The third kappa shape index (κ3) is 3.64. The van der Waals surface area contributed by atoms with Gasteiger partial charge in [0.2, 0.25) is 0 Å². The monoisotopic (exact) mass is 313 g/mol. The number of nitrogens with one attached hydrogen (secondary N) is 1. The Hall–Kier alpha value is -1.80. The Bertz CT molecular complexity index is 668. The van der Waals surface area contributed by atoms with Gasteiger partial charge in [0, 0.05) is 13.5 Å². The highest BCUT2D eigenvalue weighted by Gasteiger charge is 2.24. The zero-order chi connectivity index (χ0) is 15.7. The fourth-order valence-corrected chi connectivity index (χ4v) is 2.69. The summed E-state index contributed by atoms with van der Waals surface area (Å²) >= 11 is 0. The zero-order valence-corrected chi connectivity index (χ0v) is 13.0. The van der Waals surface area contributed by atoms with E-state index in [9.17, 15) is 8.42 Å².